The predicted octanol–water partition coefficient (Wildman–Crippen LogP) is 4.01. The summed E-state index contributed by atoms with van der Waals surface area (Å²) in [6, 6.07) is 22.5. The molecule has 0 aliphatic carbocycles. The number of nitrogens with two attached hydrogens (primary N) is 1. The van der Waals surface area contributed by atoms with E-state index in [1.54, 1.807) is 18.2 Å². The summed E-state index contributed by atoms with van der Waals surface area (Å²) in [5.74, 6) is 1.30. The first kappa shape index (κ1) is 17.7. The number of fused-ring (bicyclic) bond motifs is 1. The van der Waals surface area contributed by atoms with Crippen LogP contribution >= 0.6 is 0 Å². The van der Waals surface area contributed by atoms with E-state index in [4.69, 9.17) is 15.2 Å². The lowest BCUT2D eigenvalue weighted by atomic mass is 10.1. The fraction of sp³-hybridized carbons (Fsp3) is 0.0870. The number of anilines is 1. The molecule has 3 N–H and O–H groups in total. The van der Waals surface area contributed by atoms with Gasteiger partial charge in [-0.25, -0.2) is 0 Å². The highest BCUT2D eigenvalue weighted by atomic mass is 16.7. The highest BCUT2D eigenvalue weighted by Crippen LogP contribution is 2.34. The summed E-state index contributed by atoms with van der Waals surface area (Å²) in [6.45, 7) is 0.766. The summed E-state index contributed by atoms with van der Waals surface area (Å²) < 4.78 is 10.9. The fourth-order valence-electron chi connectivity index (χ4n) is 2.95. The van der Waals surface area contributed by atoms with Crippen molar-refractivity contribution in [1.82, 2.24) is 5.32 Å². The molecular weight excluding hydrogens is 352 g/mol. The lowest BCUT2D eigenvalue weighted by Crippen LogP contribution is -2.13. The van der Waals surface area contributed by atoms with Crippen molar-refractivity contribution < 1.29 is 14.3 Å². The van der Waals surface area contributed by atoms with Gasteiger partial charge < -0.3 is 20.5 Å². The number of ketones is 1. The van der Waals surface area contributed by atoms with Gasteiger partial charge in [0.2, 0.25) is 6.79 Å². The van der Waals surface area contributed by atoms with E-state index in [0.717, 1.165) is 16.8 Å². The predicted molar refractivity (Wildman–Crippen MR) is 109 cm³/mol. The minimum atomic E-state index is -0.0712. The minimum Gasteiger partial charge on any atom is -0.454 e. The van der Waals surface area contributed by atoms with Crippen LogP contribution in [0.5, 0.6) is 11.5 Å². The molecule has 140 valence electrons. The van der Waals surface area contributed by atoms with Crippen molar-refractivity contribution in [1.29, 1.82) is 0 Å². The summed E-state index contributed by atoms with van der Waals surface area (Å²) in [7, 11) is 0. The molecule has 0 spiro atoms. The number of hydrogen-bond acceptors (Lipinski definition) is 5. The molecule has 4 rings (SSSR count). The van der Waals surface area contributed by atoms with Crippen LogP contribution < -0.4 is 20.5 Å². The van der Waals surface area contributed by atoms with E-state index in [-0.39, 0.29) is 12.6 Å². The molecule has 5 heteroatoms. The number of allylic oxidation sites excluding steroid dienone is 1. The zero-order chi connectivity index (χ0) is 19.3. The van der Waals surface area contributed by atoms with Crippen LogP contribution in [0.1, 0.15) is 21.5 Å². The first-order valence-corrected chi connectivity index (χ1v) is 8.98. The van der Waals surface area contributed by atoms with E-state index in [9.17, 15) is 4.79 Å². The highest BCUT2D eigenvalue weighted by molar-refractivity contribution is 6.08. The van der Waals surface area contributed by atoms with Crippen molar-refractivity contribution in [2.75, 3.05) is 12.5 Å². The second kappa shape index (κ2) is 7.88. The molecule has 0 saturated carbocycles. The van der Waals surface area contributed by atoms with Crippen LogP contribution in [0, 0.1) is 0 Å². The normalized spacial score (nSPS) is 12.6. The van der Waals surface area contributed by atoms with Crippen LogP contribution in [-0.4, -0.2) is 12.6 Å². The third-order valence-electron chi connectivity index (χ3n) is 4.48. The van der Waals surface area contributed by atoms with Gasteiger partial charge in [-0.1, -0.05) is 42.5 Å². The quantitative estimate of drug-likeness (QED) is 0.389. The van der Waals surface area contributed by atoms with Gasteiger partial charge in [0.1, 0.15) is 0 Å². The Bertz CT molecular complexity index is 1010. The summed E-state index contributed by atoms with van der Waals surface area (Å²) in [6.07, 6.45) is 1.62. The molecule has 0 radical (unpaired) electrons. The Morgan fingerprint density at radius 3 is 2.46 bits per heavy atom. The van der Waals surface area contributed by atoms with Gasteiger partial charge in [-0.2, -0.15) is 0 Å². The monoisotopic (exact) mass is 372 g/mol. The number of ether oxygens (including phenoxy) is 2. The molecule has 28 heavy (non-hydrogen) atoms. The van der Waals surface area contributed by atoms with E-state index >= 15 is 0 Å². The molecule has 0 fully saturated rings. The zero-order valence-corrected chi connectivity index (χ0v) is 15.2. The van der Waals surface area contributed by atoms with Gasteiger partial charge in [-0.3, -0.25) is 4.79 Å². The number of carbonyl (C=O) groups is 1. The Morgan fingerprint density at radius 1 is 0.929 bits per heavy atom. The first-order valence-electron chi connectivity index (χ1n) is 8.98. The molecule has 0 saturated heterocycles. The topological polar surface area (TPSA) is 73.6 Å². The Balaban J connectivity index is 1.63. The van der Waals surface area contributed by atoms with E-state index in [2.05, 4.69) is 5.32 Å². The van der Waals surface area contributed by atoms with Crippen LogP contribution in [0.25, 0.3) is 5.70 Å². The molecule has 0 amide bonds. The largest absolute Gasteiger partial charge is 0.454 e. The number of nitrogens with one attached hydrogen (secondary N) is 1. The summed E-state index contributed by atoms with van der Waals surface area (Å²) >= 11 is 0. The molecule has 3 aromatic carbocycles. The number of hydrogen-bond donors (Lipinski definition) is 2. The Kier molecular flexibility index (Phi) is 4.97. The number of carbonyl (C=O) groups excluding carboxylic acids is 1. The smallest absolute Gasteiger partial charge is 0.231 e. The van der Waals surface area contributed by atoms with Crippen LogP contribution in [0.2, 0.25) is 0 Å². The lowest BCUT2D eigenvalue weighted by Gasteiger charge is -2.13. The Hall–Kier alpha value is -3.73. The van der Waals surface area contributed by atoms with Crippen molar-refractivity contribution in [3.8, 4) is 11.5 Å². The summed E-state index contributed by atoms with van der Waals surface area (Å²) in [5.41, 5.74) is 9.73. The molecule has 0 aromatic heterocycles. The maximum Gasteiger partial charge on any atom is 0.231 e. The average Bonchev–Trinajstić information content (AvgIpc) is 3.20. The molecule has 0 bridgehead atoms. The van der Waals surface area contributed by atoms with Gasteiger partial charge in [-0.05, 0) is 35.9 Å². The lowest BCUT2D eigenvalue weighted by molar-refractivity contribution is 0.104. The summed E-state index contributed by atoms with van der Waals surface area (Å²) in [4.78, 5) is 12.7. The molecule has 0 unspecified atom stereocenters. The van der Waals surface area contributed by atoms with Gasteiger partial charge in [0.25, 0.3) is 0 Å². The molecule has 3 aromatic rings. The fourth-order valence-corrected chi connectivity index (χ4v) is 2.95. The molecule has 1 heterocycles. The van der Waals surface area contributed by atoms with E-state index < -0.39 is 0 Å². The number of rotatable bonds is 6. The maximum absolute atomic E-state index is 12.7. The second-order valence-corrected chi connectivity index (χ2v) is 6.45. The van der Waals surface area contributed by atoms with Gasteiger partial charge >= 0.3 is 0 Å². The van der Waals surface area contributed by atoms with Gasteiger partial charge in [0.15, 0.2) is 17.3 Å². The van der Waals surface area contributed by atoms with Crippen LogP contribution in [-0.2, 0) is 6.54 Å². The molecule has 1 aliphatic rings. The maximum atomic E-state index is 12.7. The van der Waals surface area contributed by atoms with Gasteiger partial charge in [0, 0.05) is 35.1 Å². The Morgan fingerprint density at radius 2 is 1.68 bits per heavy atom. The highest BCUT2D eigenvalue weighted by Gasteiger charge is 2.15. The van der Waals surface area contributed by atoms with E-state index in [1.807, 2.05) is 60.7 Å². The number of benzene rings is 3. The van der Waals surface area contributed by atoms with Crippen LogP contribution in [0.4, 0.5) is 5.69 Å². The summed E-state index contributed by atoms with van der Waals surface area (Å²) in [5, 5.41) is 3.37. The third kappa shape index (κ3) is 3.99. The van der Waals surface area contributed by atoms with Crippen LogP contribution in [0.3, 0.4) is 0 Å². The second-order valence-electron chi connectivity index (χ2n) is 6.45. The van der Waals surface area contributed by atoms with Gasteiger partial charge in [-0.15, -0.1) is 0 Å². The minimum absolute atomic E-state index is 0.0712. The SMILES string of the molecule is Nc1ccc(CN/C(=C\C(=O)c2ccccc2)c2ccc3c(c2)OCO3)cc1. The average molecular weight is 372 g/mol. The van der Waals surface area contributed by atoms with Gasteiger partial charge in [0.05, 0.1) is 0 Å². The van der Waals surface area contributed by atoms with Crippen molar-refractivity contribution in [3.63, 3.8) is 0 Å². The van der Waals surface area contributed by atoms with E-state index in [1.165, 1.54) is 0 Å². The van der Waals surface area contributed by atoms with Crippen molar-refractivity contribution in [3.05, 3.63) is 95.6 Å². The van der Waals surface area contributed by atoms with E-state index in [0.29, 0.717) is 29.3 Å². The molecule has 1 aliphatic heterocycles. The first-order chi connectivity index (χ1) is 13.7. The number of nitrogen functional groups attached to an aromatic ring is 1. The Labute approximate surface area is 163 Å². The van der Waals surface area contributed by atoms with Crippen LogP contribution in [0.15, 0.2) is 78.9 Å². The zero-order valence-electron chi connectivity index (χ0n) is 15.2. The third-order valence-corrected chi connectivity index (χ3v) is 4.48. The van der Waals surface area contributed by atoms with Crippen molar-refractivity contribution >= 4 is 17.2 Å². The standard InChI is InChI=1S/C23H20N2O3/c24-19-9-6-16(7-10-19)14-25-20(13-21(26)17-4-2-1-3-5-17)18-8-11-22-23(12-18)28-15-27-22/h1-13,25H,14-15,24H2/b20-13-. The molecule has 0 atom stereocenters. The molecule has 5 nitrogen and oxygen atoms in total. The molecular formula is C23H20N2O3. The van der Waals surface area contributed by atoms with Crippen molar-refractivity contribution in [2.45, 2.75) is 6.54 Å². The van der Waals surface area contributed by atoms with Crippen molar-refractivity contribution in [2.24, 2.45) is 0 Å².